The number of hydrogen-bond acceptors (Lipinski definition) is 6. The average molecular weight is 564 g/mol. The van der Waals surface area contributed by atoms with Crippen molar-refractivity contribution >= 4 is 10.9 Å². The highest BCUT2D eigenvalue weighted by Gasteiger charge is 2.39. The SMILES string of the molecule is CC(C)(C)COCCOc1ccnc(Oc2ccc3c(c2)c(=O)ncn3Cc2ccc(F)cc2F)c1C(F)(F)F. The lowest BCUT2D eigenvalue weighted by Crippen LogP contribution is -2.18. The number of rotatable bonds is 9. The fraction of sp³-hybridized carbons (Fsp3) is 0.321. The molecule has 0 aliphatic heterocycles. The summed E-state index contributed by atoms with van der Waals surface area (Å²) >= 11 is 0. The Bertz CT molecular complexity index is 1560. The molecule has 0 unspecified atom stereocenters. The van der Waals surface area contributed by atoms with E-state index in [1.54, 1.807) is 0 Å². The van der Waals surface area contributed by atoms with Gasteiger partial charge in [0.2, 0.25) is 5.88 Å². The number of ether oxygens (including phenoxy) is 3. The maximum Gasteiger partial charge on any atom is 0.425 e. The van der Waals surface area contributed by atoms with Crippen LogP contribution in [0.25, 0.3) is 10.9 Å². The van der Waals surface area contributed by atoms with E-state index in [9.17, 15) is 26.7 Å². The minimum Gasteiger partial charge on any atom is -0.490 e. The summed E-state index contributed by atoms with van der Waals surface area (Å²) in [7, 11) is 0. The molecule has 2 aromatic heterocycles. The third-order valence-electron chi connectivity index (χ3n) is 5.57. The van der Waals surface area contributed by atoms with E-state index < -0.39 is 40.6 Å². The fourth-order valence-corrected chi connectivity index (χ4v) is 3.80. The molecular formula is C28H26F5N3O4. The van der Waals surface area contributed by atoms with Gasteiger partial charge in [0.1, 0.15) is 29.7 Å². The largest absolute Gasteiger partial charge is 0.490 e. The van der Waals surface area contributed by atoms with Crippen molar-refractivity contribution in [3.8, 4) is 17.4 Å². The van der Waals surface area contributed by atoms with Crippen LogP contribution >= 0.6 is 0 Å². The molecule has 2 heterocycles. The summed E-state index contributed by atoms with van der Waals surface area (Å²) in [5.41, 5.74) is -1.54. The second kappa shape index (κ2) is 11.6. The zero-order chi connectivity index (χ0) is 29.1. The Balaban J connectivity index is 1.60. The van der Waals surface area contributed by atoms with Crippen molar-refractivity contribution < 1.29 is 36.2 Å². The minimum absolute atomic E-state index is 0.0134. The molecule has 7 nitrogen and oxygen atoms in total. The van der Waals surface area contributed by atoms with Gasteiger partial charge >= 0.3 is 6.18 Å². The number of halogens is 5. The van der Waals surface area contributed by atoms with Crippen LogP contribution in [0.4, 0.5) is 22.0 Å². The number of nitrogens with zero attached hydrogens (tertiary/aromatic N) is 3. The topological polar surface area (TPSA) is 75.5 Å². The summed E-state index contributed by atoms with van der Waals surface area (Å²) < 4.78 is 87.3. The summed E-state index contributed by atoms with van der Waals surface area (Å²) in [6, 6.07) is 8.17. The van der Waals surface area contributed by atoms with Gasteiger partial charge in [-0.1, -0.05) is 26.8 Å². The molecule has 0 aliphatic rings. The number of fused-ring (bicyclic) bond motifs is 1. The Kier molecular flexibility index (Phi) is 8.38. The summed E-state index contributed by atoms with van der Waals surface area (Å²) in [5.74, 6) is -2.87. The predicted molar refractivity (Wildman–Crippen MR) is 137 cm³/mol. The number of aromatic nitrogens is 3. The van der Waals surface area contributed by atoms with Crippen LogP contribution in [-0.4, -0.2) is 34.4 Å². The van der Waals surface area contributed by atoms with E-state index in [-0.39, 0.29) is 41.9 Å². The molecule has 0 bridgehead atoms. The van der Waals surface area contributed by atoms with Crippen LogP contribution in [0.3, 0.4) is 0 Å². The van der Waals surface area contributed by atoms with E-state index in [2.05, 4.69) is 9.97 Å². The van der Waals surface area contributed by atoms with Crippen molar-refractivity contribution in [1.82, 2.24) is 14.5 Å². The van der Waals surface area contributed by atoms with E-state index in [0.717, 1.165) is 24.4 Å². The summed E-state index contributed by atoms with van der Waals surface area (Å²) in [6.45, 7) is 6.18. The van der Waals surface area contributed by atoms with Gasteiger partial charge in [-0.3, -0.25) is 4.79 Å². The van der Waals surface area contributed by atoms with Crippen molar-refractivity contribution in [3.63, 3.8) is 0 Å². The van der Waals surface area contributed by atoms with Crippen LogP contribution in [0.15, 0.2) is 59.8 Å². The first-order valence-corrected chi connectivity index (χ1v) is 12.2. The molecule has 0 fully saturated rings. The highest BCUT2D eigenvalue weighted by molar-refractivity contribution is 5.79. The van der Waals surface area contributed by atoms with Gasteiger partial charge in [0.25, 0.3) is 5.56 Å². The maximum atomic E-state index is 14.2. The van der Waals surface area contributed by atoms with Crippen molar-refractivity contribution in [3.05, 3.63) is 88.1 Å². The van der Waals surface area contributed by atoms with Crippen LogP contribution in [0.1, 0.15) is 31.9 Å². The third kappa shape index (κ3) is 7.12. The molecule has 2 aromatic carbocycles. The van der Waals surface area contributed by atoms with Crippen LogP contribution in [0.2, 0.25) is 0 Å². The molecular weight excluding hydrogens is 537 g/mol. The van der Waals surface area contributed by atoms with Crippen LogP contribution < -0.4 is 15.0 Å². The Morgan fingerprint density at radius 1 is 0.950 bits per heavy atom. The number of benzene rings is 2. The number of pyridine rings is 1. The van der Waals surface area contributed by atoms with Crippen LogP contribution in [-0.2, 0) is 17.5 Å². The van der Waals surface area contributed by atoms with Crippen LogP contribution in [0, 0.1) is 17.0 Å². The quantitative estimate of drug-likeness (QED) is 0.174. The third-order valence-corrected chi connectivity index (χ3v) is 5.57. The fourth-order valence-electron chi connectivity index (χ4n) is 3.80. The smallest absolute Gasteiger partial charge is 0.425 e. The second-order valence-corrected chi connectivity index (χ2v) is 10.1. The highest BCUT2D eigenvalue weighted by atomic mass is 19.4. The number of hydrogen-bond donors (Lipinski definition) is 0. The van der Waals surface area contributed by atoms with E-state index in [1.807, 2.05) is 20.8 Å². The molecule has 0 aliphatic carbocycles. The summed E-state index contributed by atoms with van der Waals surface area (Å²) in [6.07, 6.45) is -2.55. The van der Waals surface area contributed by atoms with E-state index in [4.69, 9.17) is 14.2 Å². The molecule has 0 atom stereocenters. The highest BCUT2D eigenvalue weighted by Crippen LogP contribution is 2.42. The normalized spacial score (nSPS) is 12.1. The molecule has 4 aromatic rings. The zero-order valence-electron chi connectivity index (χ0n) is 21.9. The van der Waals surface area contributed by atoms with Gasteiger partial charge in [0.15, 0.2) is 5.56 Å². The Morgan fingerprint density at radius 3 is 2.42 bits per heavy atom. The Morgan fingerprint density at radius 2 is 1.73 bits per heavy atom. The first-order chi connectivity index (χ1) is 18.8. The minimum atomic E-state index is -4.87. The first-order valence-electron chi connectivity index (χ1n) is 12.2. The van der Waals surface area contributed by atoms with Crippen molar-refractivity contribution in [1.29, 1.82) is 0 Å². The lowest BCUT2D eigenvalue weighted by atomic mass is 9.99. The monoisotopic (exact) mass is 563 g/mol. The van der Waals surface area contributed by atoms with Gasteiger partial charge in [-0.2, -0.15) is 18.2 Å². The molecule has 0 N–H and O–H groups in total. The molecule has 0 saturated heterocycles. The lowest BCUT2D eigenvalue weighted by molar-refractivity contribution is -0.140. The van der Waals surface area contributed by atoms with Gasteiger partial charge in [-0.05, 0) is 35.7 Å². The van der Waals surface area contributed by atoms with Crippen molar-refractivity contribution in [2.75, 3.05) is 19.8 Å². The first kappa shape index (κ1) is 28.9. The maximum absolute atomic E-state index is 14.2. The molecule has 12 heteroatoms. The Labute approximate surface area is 226 Å². The zero-order valence-corrected chi connectivity index (χ0v) is 21.9. The standard InChI is InChI=1S/C28H26F5N3O4/c1-27(2,3)15-38-10-11-39-23-8-9-34-26(24(23)28(31,32)33)40-19-6-7-22-20(13-19)25(37)35-16-36(22)14-17-4-5-18(29)12-21(17)30/h4-9,12-13,16H,10-11,14-15H2,1-3H3. The van der Waals surface area contributed by atoms with Gasteiger partial charge in [-0.25, -0.2) is 13.8 Å². The average Bonchev–Trinajstić information content (AvgIpc) is 2.86. The van der Waals surface area contributed by atoms with Gasteiger partial charge in [0, 0.05) is 17.8 Å². The lowest BCUT2D eigenvalue weighted by Gasteiger charge is -2.19. The predicted octanol–water partition coefficient (Wildman–Crippen LogP) is 6.37. The molecule has 0 spiro atoms. The molecule has 40 heavy (non-hydrogen) atoms. The van der Waals surface area contributed by atoms with E-state index in [0.29, 0.717) is 12.1 Å². The van der Waals surface area contributed by atoms with Gasteiger partial charge < -0.3 is 18.8 Å². The van der Waals surface area contributed by atoms with Crippen molar-refractivity contribution in [2.45, 2.75) is 33.5 Å². The summed E-state index contributed by atoms with van der Waals surface area (Å²) in [4.78, 5) is 20.0. The van der Waals surface area contributed by atoms with Gasteiger partial charge in [0.05, 0.1) is 37.0 Å². The van der Waals surface area contributed by atoms with E-state index in [1.165, 1.54) is 35.2 Å². The number of alkyl halides is 3. The molecule has 4 rings (SSSR count). The summed E-state index contributed by atoms with van der Waals surface area (Å²) in [5, 5.41) is 0.0134. The molecule has 212 valence electrons. The van der Waals surface area contributed by atoms with Crippen LogP contribution in [0.5, 0.6) is 17.4 Å². The Hall–Kier alpha value is -4.06. The molecule has 0 radical (unpaired) electrons. The van der Waals surface area contributed by atoms with E-state index >= 15 is 0 Å². The van der Waals surface area contributed by atoms with Gasteiger partial charge in [-0.15, -0.1) is 0 Å². The molecule has 0 amide bonds. The van der Waals surface area contributed by atoms with Crippen molar-refractivity contribution in [2.24, 2.45) is 5.41 Å². The second-order valence-electron chi connectivity index (χ2n) is 10.1. The molecule has 0 saturated carbocycles.